The molecular formula is C24H46O3Si2. The van der Waals surface area contributed by atoms with E-state index >= 15 is 0 Å². The summed E-state index contributed by atoms with van der Waals surface area (Å²) in [4.78, 5) is 12.0. The van der Waals surface area contributed by atoms with E-state index in [0.29, 0.717) is 5.92 Å². The van der Waals surface area contributed by atoms with Crippen molar-refractivity contribution in [2.24, 2.45) is 5.41 Å². The molecule has 1 N–H and O–H groups in total. The Hall–Kier alpha value is -0.916. The van der Waals surface area contributed by atoms with Crippen molar-refractivity contribution in [3.8, 4) is 0 Å². The van der Waals surface area contributed by atoms with Gasteiger partial charge in [0.25, 0.3) is 0 Å². The van der Waals surface area contributed by atoms with E-state index in [9.17, 15) is 4.79 Å². The fourth-order valence-electron chi connectivity index (χ4n) is 3.96. The second-order valence-electron chi connectivity index (χ2n) is 11.3. The van der Waals surface area contributed by atoms with E-state index in [-0.39, 0.29) is 19.2 Å². The number of aryl methyl sites for hydroxylation is 1. The van der Waals surface area contributed by atoms with Crippen LogP contribution >= 0.6 is 0 Å². The number of rotatable bonds is 9. The molecule has 1 aromatic rings. The quantitative estimate of drug-likeness (QED) is 0.347. The molecule has 0 saturated carbocycles. The molecular weight excluding hydrogens is 392 g/mol. The number of aliphatic hydroxyl groups excluding tert-OH is 1. The highest BCUT2D eigenvalue weighted by Gasteiger charge is 2.32. The second kappa shape index (κ2) is 12.1. The summed E-state index contributed by atoms with van der Waals surface area (Å²) < 4.78 is 5.07. The average Bonchev–Trinajstić information content (AvgIpc) is 2.55. The maximum Gasteiger partial charge on any atom is 0.311 e. The minimum atomic E-state index is -0.731. The van der Waals surface area contributed by atoms with Gasteiger partial charge >= 0.3 is 5.97 Å². The van der Waals surface area contributed by atoms with E-state index < -0.39 is 21.6 Å². The molecule has 0 aliphatic carbocycles. The third-order valence-electron chi connectivity index (χ3n) is 4.74. The van der Waals surface area contributed by atoms with E-state index in [1.807, 2.05) is 13.8 Å². The van der Waals surface area contributed by atoms with Crippen LogP contribution in [0.15, 0.2) is 24.3 Å². The molecule has 29 heavy (non-hydrogen) atoms. The number of aliphatic hydroxyl groups is 1. The Kier molecular flexibility index (Phi) is 11.7. The molecule has 1 rings (SSSR count). The predicted octanol–water partition coefficient (Wildman–Crippen LogP) is 6.64. The van der Waals surface area contributed by atoms with Crippen molar-refractivity contribution in [2.75, 3.05) is 13.2 Å². The van der Waals surface area contributed by atoms with E-state index in [1.165, 1.54) is 11.1 Å². The number of hydrogen-bond donors (Lipinski definition) is 1. The third kappa shape index (κ3) is 13.1. The normalized spacial score (nSPS) is 13.3. The maximum absolute atomic E-state index is 12.0. The van der Waals surface area contributed by atoms with Crippen molar-refractivity contribution >= 4 is 22.1 Å². The Balaban J connectivity index is 0.000000734. The highest BCUT2D eigenvalue weighted by atomic mass is 28.4. The lowest BCUT2D eigenvalue weighted by molar-refractivity contribution is -0.155. The largest absolute Gasteiger partial charge is 0.463 e. The Bertz CT molecular complexity index is 584. The first kappa shape index (κ1) is 28.1. The molecule has 0 spiro atoms. The highest BCUT2D eigenvalue weighted by Crippen LogP contribution is 2.34. The van der Waals surface area contributed by atoms with Crippen LogP contribution in [0.4, 0.5) is 0 Å². The van der Waals surface area contributed by atoms with Crippen LogP contribution in [0.5, 0.6) is 0 Å². The molecule has 0 amide bonds. The van der Waals surface area contributed by atoms with Crippen LogP contribution in [0.2, 0.25) is 44.9 Å². The van der Waals surface area contributed by atoms with Gasteiger partial charge in [-0.05, 0) is 45.1 Å². The minimum Gasteiger partial charge on any atom is -0.463 e. The Morgan fingerprint density at radius 1 is 1.03 bits per heavy atom. The van der Waals surface area contributed by atoms with Crippen molar-refractivity contribution in [3.63, 3.8) is 0 Å². The summed E-state index contributed by atoms with van der Waals surface area (Å²) in [6.45, 7) is 22.7. The van der Waals surface area contributed by atoms with Crippen molar-refractivity contribution in [2.45, 2.75) is 91.4 Å². The van der Waals surface area contributed by atoms with Gasteiger partial charge in [-0.3, -0.25) is 4.79 Å². The first-order valence-electron chi connectivity index (χ1n) is 11.0. The fourth-order valence-corrected chi connectivity index (χ4v) is 16.7. The van der Waals surface area contributed by atoms with E-state index in [0.717, 1.165) is 12.8 Å². The summed E-state index contributed by atoms with van der Waals surface area (Å²) in [6, 6.07) is 8.49. The van der Waals surface area contributed by atoms with E-state index in [2.05, 4.69) is 77.4 Å². The summed E-state index contributed by atoms with van der Waals surface area (Å²) in [5.74, 6) is 0.101. The Morgan fingerprint density at radius 2 is 1.52 bits per heavy atom. The molecule has 1 aromatic carbocycles. The maximum atomic E-state index is 12.0. The number of hydrogen-bond acceptors (Lipinski definition) is 3. The molecule has 0 radical (unpaired) electrons. The van der Waals surface area contributed by atoms with Gasteiger partial charge in [-0.25, -0.2) is 0 Å². The number of benzene rings is 1. The molecule has 0 saturated heterocycles. The molecule has 1 atom stereocenters. The van der Waals surface area contributed by atoms with E-state index in [4.69, 9.17) is 9.84 Å². The lowest BCUT2D eigenvalue weighted by Gasteiger charge is -2.27. The lowest BCUT2D eigenvalue weighted by Crippen LogP contribution is -2.34. The van der Waals surface area contributed by atoms with Crippen LogP contribution in [0, 0.1) is 12.3 Å². The summed E-state index contributed by atoms with van der Waals surface area (Å²) in [5.41, 5.74) is 3.53. The van der Waals surface area contributed by atoms with Gasteiger partial charge in [0, 0.05) is 16.1 Å². The van der Waals surface area contributed by atoms with Crippen LogP contribution < -0.4 is 0 Å². The fraction of sp³-hybridized carbons (Fsp3) is 0.708. The van der Waals surface area contributed by atoms with Gasteiger partial charge in [0.2, 0.25) is 0 Å². The van der Waals surface area contributed by atoms with Gasteiger partial charge in [-0.15, -0.1) is 0 Å². The monoisotopic (exact) mass is 438 g/mol. The zero-order chi connectivity index (χ0) is 22.9. The van der Waals surface area contributed by atoms with Crippen LogP contribution in [0.1, 0.15) is 50.7 Å². The summed E-state index contributed by atoms with van der Waals surface area (Å²) in [6.07, 6.45) is 1.73. The van der Waals surface area contributed by atoms with Crippen LogP contribution in [-0.4, -0.2) is 40.4 Å². The Morgan fingerprint density at radius 3 is 1.86 bits per heavy atom. The van der Waals surface area contributed by atoms with Crippen molar-refractivity contribution in [1.29, 1.82) is 0 Å². The van der Waals surface area contributed by atoms with Gasteiger partial charge in [0.1, 0.15) is 6.61 Å². The molecule has 0 aliphatic rings. The molecule has 168 valence electrons. The van der Waals surface area contributed by atoms with Gasteiger partial charge in [0.05, 0.1) is 12.0 Å². The summed E-state index contributed by atoms with van der Waals surface area (Å²) in [7, 11) is -1.46. The summed E-state index contributed by atoms with van der Waals surface area (Å²) >= 11 is 0. The third-order valence-corrected chi connectivity index (χ3v) is 13.2. The second-order valence-corrected chi connectivity index (χ2v) is 22.9. The van der Waals surface area contributed by atoms with Crippen molar-refractivity contribution in [1.82, 2.24) is 0 Å². The number of esters is 1. The number of ether oxygens (including phenoxy) is 1. The number of carbonyl (C=O) groups excluding carboxylic acids is 1. The molecule has 5 heteroatoms. The van der Waals surface area contributed by atoms with Crippen LogP contribution in [0.25, 0.3) is 0 Å². The smallest absolute Gasteiger partial charge is 0.311 e. The molecule has 0 bridgehead atoms. The predicted molar refractivity (Wildman–Crippen MR) is 132 cm³/mol. The average molecular weight is 439 g/mol. The molecule has 1 unspecified atom stereocenters. The SMILES string of the molecule is CCC(CC(C)(C)C(=O)OCCO)c1ccc(C)cc1.C[Si](C)(C)C[Si](C)(C)C. The van der Waals surface area contributed by atoms with Crippen LogP contribution in [-0.2, 0) is 9.53 Å². The lowest BCUT2D eigenvalue weighted by atomic mass is 9.78. The van der Waals surface area contributed by atoms with Crippen molar-refractivity contribution in [3.05, 3.63) is 35.4 Å². The van der Waals surface area contributed by atoms with Gasteiger partial charge < -0.3 is 9.84 Å². The van der Waals surface area contributed by atoms with Gasteiger partial charge in [-0.1, -0.05) is 81.7 Å². The van der Waals surface area contributed by atoms with Crippen molar-refractivity contribution < 1.29 is 14.6 Å². The zero-order valence-corrected chi connectivity index (χ0v) is 22.7. The first-order chi connectivity index (χ1) is 13.1. The topological polar surface area (TPSA) is 46.5 Å². The minimum absolute atomic E-state index is 0.0730. The molecule has 0 aromatic heterocycles. The highest BCUT2D eigenvalue weighted by molar-refractivity contribution is 6.94. The molecule has 0 heterocycles. The van der Waals surface area contributed by atoms with E-state index in [1.54, 1.807) is 5.67 Å². The Labute approximate surface area is 182 Å². The zero-order valence-electron chi connectivity index (χ0n) is 20.7. The molecule has 0 fully saturated rings. The van der Waals surface area contributed by atoms with Crippen LogP contribution in [0.3, 0.4) is 0 Å². The van der Waals surface area contributed by atoms with Gasteiger partial charge in [0.15, 0.2) is 0 Å². The molecule has 3 nitrogen and oxygen atoms in total. The first-order valence-corrected chi connectivity index (χ1v) is 18.4. The summed E-state index contributed by atoms with van der Waals surface area (Å²) in [5, 5.41) is 8.74. The number of carbonyl (C=O) groups is 1. The standard InChI is InChI=1S/C17H26O3.C7H20Si2/c1-5-14(15-8-6-13(2)7-9-15)12-17(3,4)16(19)20-11-10-18;1-8(2,3)7-9(4,5)6/h6-9,14,18H,5,10-12H2,1-4H3;7H2,1-6H3. The molecule has 0 aliphatic heterocycles. The van der Waals surface area contributed by atoms with Gasteiger partial charge in [-0.2, -0.15) is 0 Å².